The van der Waals surface area contributed by atoms with Crippen LogP contribution in [0.15, 0.2) is 42.7 Å². The summed E-state index contributed by atoms with van der Waals surface area (Å²) < 4.78 is 2.95. The van der Waals surface area contributed by atoms with Crippen LogP contribution in [-0.2, 0) is 4.79 Å². The van der Waals surface area contributed by atoms with E-state index in [1.165, 1.54) is 12.4 Å². The molecular formula is C20H18N6OS. The Morgan fingerprint density at radius 2 is 2.18 bits per heavy atom. The van der Waals surface area contributed by atoms with Crippen LogP contribution in [0.1, 0.15) is 25.3 Å². The van der Waals surface area contributed by atoms with E-state index < -0.39 is 0 Å². The maximum atomic E-state index is 12.4. The van der Waals surface area contributed by atoms with E-state index in [0.29, 0.717) is 11.5 Å². The molecule has 1 aromatic carbocycles. The first kappa shape index (κ1) is 17.0. The van der Waals surface area contributed by atoms with Crippen LogP contribution in [0.3, 0.4) is 0 Å². The van der Waals surface area contributed by atoms with Crippen molar-refractivity contribution >= 4 is 44.2 Å². The molecule has 2 unspecified atom stereocenters. The van der Waals surface area contributed by atoms with Gasteiger partial charge < -0.3 is 5.73 Å². The molecule has 0 spiro atoms. The normalized spacial score (nSPS) is 19.4. The third-order valence-electron chi connectivity index (χ3n) is 5.48. The summed E-state index contributed by atoms with van der Waals surface area (Å²) in [6.07, 6.45) is 5.54. The van der Waals surface area contributed by atoms with E-state index in [1.807, 2.05) is 22.3 Å². The van der Waals surface area contributed by atoms with E-state index >= 15 is 0 Å². The largest absolute Gasteiger partial charge is 0.383 e. The number of nitrogens with two attached hydrogens (primary N) is 1. The van der Waals surface area contributed by atoms with Gasteiger partial charge in [-0.3, -0.25) is 4.79 Å². The number of ketones is 1. The number of hydrogen-bond acceptors (Lipinski definition) is 7. The second-order valence-electron chi connectivity index (χ2n) is 7.00. The molecule has 2 N–H and O–H groups in total. The van der Waals surface area contributed by atoms with Crippen molar-refractivity contribution in [1.82, 2.24) is 24.7 Å². The smallest absolute Gasteiger partial charge is 0.164 e. The summed E-state index contributed by atoms with van der Waals surface area (Å²) in [6, 6.07) is 5.98. The molecule has 7 nitrogen and oxygen atoms in total. The van der Waals surface area contributed by atoms with Gasteiger partial charge in [-0.2, -0.15) is 5.10 Å². The Morgan fingerprint density at radius 1 is 1.29 bits per heavy atom. The molecule has 1 saturated carbocycles. The Bertz CT molecular complexity index is 1230. The first-order chi connectivity index (χ1) is 13.7. The van der Waals surface area contributed by atoms with Crippen LogP contribution in [0.4, 0.5) is 5.82 Å². The monoisotopic (exact) mass is 390 g/mol. The molecule has 0 aliphatic heterocycles. The lowest BCUT2D eigenvalue weighted by Crippen LogP contribution is -2.21. The third-order valence-corrected chi connectivity index (χ3v) is 6.27. The zero-order chi connectivity index (χ0) is 19.3. The van der Waals surface area contributed by atoms with Crippen LogP contribution in [0.25, 0.3) is 32.5 Å². The molecule has 3 heterocycles. The van der Waals surface area contributed by atoms with Crippen LogP contribution in [0, 0.1) is 5.92 Å². The molecule has 3 aromatic heterocycles. The van der Waals surface area contributed by atoms with Crippen molar-refractivity contribution in [2.24, 2.45) is 5.92 Å². The van der Waals surface area contributed by atoms with Crippen molar-refractivity contribution in [2.75, 3.05) is 5.73 Å². The Labute approximate surface area is 164 Å². The van der Waals surface area contributed by atoms with Gasteiger partial charge in [0.2, 0.25) is 0 Å². The second kappa shape index (κ2) is 6.49. The quantitative estimate of drug-likeness (QED) is 0.532. The van der Waals surface area contributed by atoms with Gasteiger partial charge in [0.05, 0.1) is 27.2 Å². The van der Waals surface area contributed by atoms with Gasteiger partial charge in [0.25, 0.3) is 0 Å². The van der Waals surface area contributed by atoms with Gasteiger partial charge in [-0.05, 0) is 31.1 Å². The molecule has 0 bridgehead atoms. The lowest BCUT2D eigenvalue weighted by molar-refractivity contribution is -0.119. The number of allylic oxidation sites excluding steroid dienone is 1. The number of carbonyl (C=O) groups is 1. The van der Waals surface area contributed by atoms with Crippen molar-refractivity contribution < 1.29 is 4.79 Å². The van der Waals surface area contributed by atoms with E-state index in [4.69, 9.17) is 10.8 Å². The lowest BCUT2D eigenvalue weighted by atomic mass is 9.98. The van der Waals surface area contributed by atoms with Gasteiger partial charge in [0.15, 0.2) is 11.4 Å². The minimum atomic E-state index is -0.131. The Hall–Kier alpha value is -3.13. The minimum Gasteiger partial charge on any atom is -0.383 e. The topological polar surface area (TPSA) is 99.6 Å². The van der Waals surface area contributed by atoms with Crippen LogP contribution in [-0.4, -0.2) is 30.5 Å². The molecule has 5 rings (SSSR count). The SMILES string of the molecule is C=CC(=O)C1CCCC1n1nc(-c2ccc3ncsc3c2)c2c(N)ncnc21. The first-order valence-corrected chi connectivity index (χ1v) is 10.0. The van der Waals surface area contributed by atoms with E-state index in [-0.39, 0.29) is 17.7 Å². The maximum absolute atomic E-state index is 12.4. The average Bonchev–Trinajstić information content (AvgIpc) is 3.44. The highest BCUT2D eigenvalue weighted by Crippen LogP contribution is 2.40. The average molecular weight is 390 g/mol. The molecule has 1 aliphatic rings. The number of nitrogen functional groups attached to an aromatic ring is 1. The summed E-state index contributed by atoms with van der Waals surface area (Å²) in [5.41, 5.74) is 11.3. The Balaban J connectivity index is 1.72. The van der Waals surface area contributed by atoms with Crippen molar-refractivity contribution in [3.05, 3.63) is 42.7 Å². The zero-order valence-electron chi connectivity index (χ0n) is 15.1. The summed E-state index contributed by atoms with van der Waals surface area (Å²) in [6.45, 7) is 3.66. The van der Waals surface area contributed by atoms with Crippen LogP contribution in [0.2, 0.25) is 0 Å². The maximum Gasteiger partial charge on any atom is 0.164 e. The molecule has 0 radical (unpaired) electrons. The van der Waals surface area contributed by atoms with Crippen molar-refractivity contribution in [1.29, 1.82) is 0 Å². The fourth-order valence-corrected chi connectivity index (χ4v) is 4.86. The number of anilines is 1. The standard InChI is InChI=1S/C20H18N6OS/c1-2-15(27)12-4-3-5-14(12)26-20-17(19(21)22-9-23-20)18(25-26)11-6-7-13-16(8-11)28-10-24-13/h2,6-10,12,14H,1,3-5H2,(H2,21,22,23). The summed E-state index contributed by atoms with van der Waals surface area (Å²) in [7, 11) is 0. The first-order valence-electron chi connectivity index (χ1n) is 9.16. The highest BCUT2D eigenvalue weighted by Gasteiger charge is 2.35. The molecule has 1 aliphatic carbocycles. The van der Waals surface area contributed by atoms with Crippen LogP contribution in [0.5, 0.6) is 0 Å². The summed E-state index contributed by atoms with van der Waals surface area (Å²) in [4.78, 5) is 25.4. The Morgan fingerprint density at radius 3 is 3.04 bits per heavy atom. The third kappa shape index (κ3) is 2.52. The lowest BCUT2D eigenvalue weighted by Gasteiger charge is -2.18. The molecule has 1 fully saturated rings. The van der Waals surface area contributed by atoms with Gasteiger partial charge in [0, 0.05) is 11.5 Å². The van der Waals surface area contributed by atoms with Crippen molar-refractivity contribution in [3.63, 3.8) is 0 Å². The van der Waals surface area contributed by atoms with Crippen LogP contribution < -0.4 is 5.73 Å². The number of carbonyl (C=O) groups excluding carboxylic acids is 1. The molecule has 8 heteroatoms. The molecule has 0 amide bonds. The van der Waals surface area contributed by atoms with E-state index in [2.05, 4.69) is 27.6 Å². The van der Waals surface area contributed by atoms with Gasteiger partial charge in [-0.1, -0.05) is 19.1 Å². The summed E-state index contributed by atoms with van der Waals surface area (Å²) in [5.74, 6) is 0.315. The molecule has 2 atom stereocenters. The van der Waals surface area contributed by atoms with Crippen molar-refractivity contribution in [3.8, 4) is 11.3 Å². The molecule has 0 saturated heterocycles. The van der Waals surface area contributed by atoms with E-state index in [9.17, 15) is 4.79 Å². The fraction of sp³-hybridized carbons (Fsp3) is 0.250. The summed E-state index contributed by atoms with van der Waals surface area (Å²) >= 11 is 1.58. The van der Waals surface area contributed by atoms with Gasteiger partial charge in [0.1, 0.15) is 17.8 Å². The molecule has 4 aromatic rings. The number of benzene rings is 1. The number of nitrogens with zero attached hydrogens (tertiary/aromatic N) is 5. The minimum absolute atomic E-state index is 0.0526. The zero-order valence-corrected chi connectivity index (χ0v) is 15.9. The Kier molecular flexibility index (Phi) is 3.94. The number of aromatic nitrogens is 5. The number of rotatable bonds is 4. The number of hydrogen-bond donors (Lipinski definition) is 1. The highest BCUT2D eigenvalue weighted by molar-refractivity contribution is 7.16. The fourth-order valence-electron chi connectivity index (χ4n) is 4.15. The predicted molar refractivity (Wildman–Crippen MR) is 110 cm³/mol. The van der Waals surface area contributed by atoms with E-state index in [1.54, 1.807) is 11.3 Å². The molecular weight excluding hydrogens is 372 g/mol. The second-order valence-corrected chi connectivity index (χ2v) is 7.88. The van der Waals surface area contributed by atoms with Crippen LogP contribution >= 0.6 is 11.3 Å². The summed E-state index contributed by atoms with van der Waals surface area (Å²) in [5, 5.41) is 5.62. The van der Waals surface area contributed by atoms with E-state index in [0.717, 1.165) is 46.1 Å². The molecule has 28 heavy (non-hydrogen) atoms. The van der Waals surface area contributed by atoms with Gasteiger partial charge in [-0.15, -0.1) is 11.3 Å². The van der Waals surface area contributed by atoms with Gasteiger partial charge >= 0.3 is 0 Å². The predicted octanol–water partition coefficient (Wildman–Crippen LogP) is 3.78. The van der Waals surface area contributed by atoms with Gasteiger partial charge in [-0.25, -0.2) is 19.6 Å². The molecule has 140 valence electrons. The highest BCUT2D eigenvalue weighted by atomic mass is 32.1. The number of thiazole rings is 1. The number of fused-ring (bicyclic) bond motifs is 2. The van der Waals surface area contributed by atoms with Crippen molar-refractivity contribution in [2.45, 2.75) is 25.3 Å².